The molecule has 1 aliphatic rings. The second kappa shape index (κ2) is 10.6. The molecule has 0 aliphatic carbocycles. The van der Waals surface area contributed by atoms with E-state index in [2.05, 4.69) is 4.98 Å². The van der Waals surface area contributed by atoms with Crippen molar-refractivity contribution in [3.8, 4) is 5.75 Å². The van der Waals surface area contributed by atoms with E-state index in [4.69, 9.17) is 32.7 Å². The van der Waals surface area contributed by atoms with Crippen molar-refractivity contribution in [3.05, 3.63) is 93.2 Å². The van der Waals surface area contributed by atoms with Crippen molar-refractivity contribution in [3.63, 3.8) is 0 Å². The summed E-state index contributed by atoms with van der Waals surface area (Å²) in [5.74, 6) is -2.51. The van der Waals surface area contributed by atoms with Crippen LogP contribution in [0.4, 0.5) is 5.69 Å². The second-order valence-electron chi connectivity index (χ2n) is 8.42. The minimum atomic E-state index is -0.990. The van der Waals surface area contributed by atoms with Crippen LogP contribution in [0.25, 0.3) is 5.76 Å². The van der Waals surface area contributed by atoms with Crippen molar-refractivity contribution in [2.24, 2.45) is 0 Å². The summed E-state index contributed by atoms with van der Waals surface area (Å²) in [6.07, 6.45) is 2.74. The molecule has 1 amide bonds. The Labute approximate surface area is 223 Å². The van der Waals surface area contributed by atoms with Gasteiger partial charge in [-0.2, -0.15) is 0 Å². The maximum atomic E-state index is 13.3. The number of pyridine rings is 1. The number of nitrogens with zero attached hydrogens (tertiary/aromatic N) is 2. The molecule has 2 aromatic carbocycles. The zero-order valence-electron chi connectivity index (χ0n) is 20.1. The van der Waals surface area contributed by atoms with Gasteiger partial charge in [0.1, 0.15) is 5.76 Å². The molecule has 1 saturated heterocycles. The molecule has 4 rings (SSSR count). The number of ether oxygens (including phenoxy) is 2. The van der Waals surface area contributed by atoms with E-state index in [1.165, 1.54) is 60.8 Å². The Balaban J connectivity index is 1.85. The van der Waals surface area contributed by atoms with Crippen molar-refractivity contribution in [1.29, 1.82) is 0 Å². The van der Waals surface area contributed by atoms with Gasteiger partial charge in [0.15, 0.2) is 5.75 Å². The van der Waals surface area contributed by atoms with Gasteiger partial charge in [0, 0.05) is 23.6 Å². The van der Waals surface area contributed by atoms with Gasteiger partial charge < -0.3 is 14.6 Å². The number of carbonyl (C=O) groups excluding carboxylic acids is 3. The summed E-state index contributed by atoms with van der Waals surface area (Å²) >= 11 is 12.5. The predicted molar refractivity (Wildman–Crippen MR) is 139 cm³/mol. The second-order valence-corrected chi connectivity index (χ2v) is 9.24. The molecule has 1 atom stereocenters. The molecule has 8 nitrogen and oxygen atoms in total. The van der Waals surface area contributed by atoms with E-state index < -0.39 is 29.5 Å². The molecule has 190 valence electrons. The number of hydrogen-bond acceptors (Lipinski definition) is 7. The van der Waals surface area contributed by atoms with Crippen LogP contribution in [0, 0.1) is 0 Å². The maximum absolute atomic E-state index is 13.3. The summed E-state index contributed by atoms with van der Waals surface area (Å²) in [7, 11) is 1.40. The Bertz CT molecular complexity index is 1380. The Morgan fingerprint density at radius 3 is 2.14 bits per heavy atom. The highest BCUT2D eigenvalue weighted by molar-refractivity contribution is 6.51. The molecule has 1 fully saturated rings. The molecule has 0 radical (unpaired) electrons. The fourth-order valence-electron chi connectivity index (χ4n) is 4.05. The number of benzene rings is 2. The van der Waals surface area contributed by atoms with Crippen molar-refractivity contribution in [2.45, 2.75) is 26.0 Å². The normalized spacial score (nSPS) is 16.8. The molecule has 0 saturated carbocycles. The van der Waals surface area contributed by atoms with Gasteiger partial charge in [0.2, 0.25) is 0 Å². The number of hydrogen-bond donors (Lipinski definition) is 1. The van der Waals surface area contributed by atoms with Crippen molar-refractivity contribution >= 4 is 52.3 Å². The number of anilines is 1. The zero-order chi connectivity index (χ0) is 26.9. The number of aliphatic hydroxyl groups excluding tert-OH is 1. The molecule has 1 N–H and O–H groups in total. The standard InChI is InChI=1S/C27H22Cl2N2O6/c1-14(2)37-27(35)16-4-6-18(7-5-16)31-22(15-8-10-30-11-9-15)21(24(33)26(31)34)23(32)17-12-19(28)25(36-3)20(29)13-17/h4-14,22,32H,1-3H3/b23-21+. The minimum absolute atomic E-state index is 0.120. The fraction of sp³-hybridized carbons (Fsp3) is 0.185. The number of Topliss-reactive ketones (excluding diaryl/α,β-unsaturated/α-hetero) is 1. The number of esters is 1. The van der Waals surface area contributed by atoms with Gasteiger partial charge in [-0.1, -0.05) is 23.2 Å². The fourth-order valence-corrected chi connectivity index (χ4v) is 4.69. The lowest BCUT2D eigenvalue weighted by molar-refractivity contribution is -0.132. The van der Waals surface area contributed by atoms with E-state index in [0.29, 0.717) is 11.3 Å². The third-order valence-corrected chi connectivity index (χ3v) is 6.23. The number of carbonyl (C=O) groups is 3. The number of methoxy groups -OCH3 is 1. The van der Waals surface area contributed by atoms with Crippen molar-refractivity contribution < 1.29 is 29.0 Å². The predicted octanol–water partition coefficient (Wildman–Crippen LogP) is 5.59. The van der Waals surface area contributed by atoms with Gasteiger partial charge in [-0.15, -0.1) is 0 Å². The van der Waals surface area contributed by atoms with Gasteiger partial charge >= 0.3 is 5.97 Å². The van der Waals surface area contributed by atoms with E-state index in [9.17, 15) is 19.5 Å². The SMILES string of the molecule is COc1c(Cl)cc(/C(O)=C2\C(=O)C(=O)N(c3ccc(C(=O)OC(C)C)cc3)C2c2ccncc2)cc1Cl. The molecular weight excluding hydrogens is 519 g/mol. The first-order chi connectivity index (χ1) is 17.6. The van der Waals surface area contributed by atoms with Crippen LogP contribution in [0.15, 0.2) is 66.5 Å². The van der Waals surface area contributed by atoms with Crippen LogP contribution in [-0.4, -0.2) is 41.0 Å². The highest BCUT2D eigenvalue weighted by atomic mass is 35.5. The molecule has 10 heteroatoms. The van der Waals surface area contributed by atoms with Crippen molar-refractivity contribution in [1.82, 2.24) is 4.98 Å². The average molecular weight is 541 g/mol. The number of amides is 1. The summed E-state index contributed by atoms with van der Waals surface area (Å²) in [5, 5.41) is 11.5. The molecule has 1 aromatic heterocycles. The van der Waals surface area contributed by atoms with E-state index in [1.54, 1.807) is 26.0 Å². The van der Waals surface area contributed by atoms with Crippen LogP contribution in [0.5, 0.6) is 5.75 Å². The highest BCUT2D eigenvalue weighted by Gasteiger charge is 2.47. The average Bonchev–Trinajstić information content (AvgIpc) is 3.14. The zero-order valence-corrected chi connectivity index (χ0v) is 21.6. The van der Waals surface area contributed by atoms with Crippen LogP contribution in [0.2, 0.25) is 10.0 Å². The summed E-state index contributed by atoms with van der Waals surface area (Å²) in [5.41, 5.74) is 1.15. The van der Waals surface area contributed by atoms with Gasteiger partial charge in [0.25, 0.3) is 11.7 Å². The summed E-state index contributed by atoms with van der Waals surface area (Å²) in [4.78, 5) is 44.1. The molecular formula is C27H22Cl2N2O6. The summed E-state index contributed by atoms with van der Waals surface area (Å²) < 4.78 is 10.4. The quantitative estimate of drug-likeness (QED) is 0.188. The summed E-state index contributed by atoms with van der Waals surface area (Å²) in [6, 6.07) is 11.2. The number of aliphatic hydroxyl groups is 1. The molecule has 1 aliphatic heterocycles. The third-order valence-electron chi connectivity index (χ3n) is 5.67. The van der Waals surface area contributed by atoms with Crippen LogP contribution >= 0.6 is 23.2 Å². The molecule has 37 heavy (non-hydrogen) atoms. The lowest BCUT2D eigenvalue weighted by atomic mass is 9.95. The molecule has 0 bridgehead atoms. The van der Waals surface area contributed by atoms with E-state index in [0.717, 1.165) is 0 Å². The molecule has 3 aromatic rings. The molecule has 1 unspecified atom stereocenters. The Morgan fingerprint density at radius 1 is 1.00 bits per heavy atom. The monoisotopic (exact) mass is 540 g/mol. The molecule has 0 spiro atoms. The van der Waals surface area contributed by atoms with Gasteiger partial charge in [0.05, 0.1) is 40.4 Å². The smallest absolute Gasteiger partial charge is 0.338 e. The van der Waals surface area contributed by atoms with E-state index in [1.807, 2.05) is 0 Å². The van der Waals surface area contributed by atoms with Crippen molar-refractivity contribution in [2.75, 3.05) is 12.0 Å². The number of ketones is 1. The van der Waals surface area contributed by atoms with Gasteiger partial charge in [-0.05, 0) is 67.9 Å². The first-order valence-corrected chi connectivity index (χ1v) is 11.9. The first kappa shape index (κ1) is 26.2. The van der Waals surface area contributed by atoms with Crippen LogP contribution in [-0.2, 0) is 14.3 Å². The number of halogens is 2. The third kappa shape index (κ3) is 5.03. The largest absolute Gasteiger partial charge is 0.507 e. The lowest BCUT2D eigenvalue weighted by Crippen LogP contribution is -2.29. The highest BCUT2D eigenvalue weighted by Crippen LogP contribution is 2.43. The number of aromatic nitrogens is 1. The molecule has 2 heterocycles. The van der Waals surface area contributed by atoms with Crippen LogP contribution in [0.1, 0.15) is 41.4 Å². The lowest BCUT2D eigenvalue weighted by Gasteiger charge is -2.25. The van der Waals surface area contributed by atoms with Gasteiger partial charge in [-0.25, -0.2) is 4.79 Å². The minimum Gasteiger partial charge on any atom is -0.507 e. The van der Waals surface area contributed by atoms with E-state index >= 15 is 0 Å². The Morgan fingerprint density at radius 2 is 1.59 bits per heavy atom. The number of rotatable bonds is 6. The van der Waals surface area contributed by atoms with Gasteiger partial charge in [-0.3, -0.25) is 19.5 Å². The van der Waals surface area contributed by atoms with Crippen LogP contribution in [0.3, 0.4) is 0 Å². The van der Waals surface area contributed by atoms with Crippen LogP contribution < -0.4 is 9.64 Å². The Hall–Kier alpha value is -3.88. The maximum Gasteiger partial charge on any atom is 0.338 e. The topological polar surface area (TPSA) is 106 Å². The van der Waals surface area contributed by atoms with E-state index in [-0.39, 0.29) is 38.6 Å². The first-order valence-electron chi connectivity index (χ1n) is 11.2. The summed E-state index contributed by atoms with van der Waals surface area (Å²) in [6.45, 7) is 3.48. The Kier molecular flexibility index (Phi) is 7.52.